The van der Waals surface area contributed by atoms with Crippen molar-refractivity contribution in [2.75, 3.05) is 0 Å². The normalized spacial score (nSPS) is 11.4. The second kappa shape index (κ2) is 4.84. The molecule has 0 spiro atoms. The largest absolute Gasteiger partial charge is 0.278 e. The van der Waals surface area contributed by atoms with Gasteiger partial charge >= 0.3 is 0 Å². The molecule has 0 saturated carbocycles. The van der Waals surface area contributed by atoms with E-state index < -0.39 is 0 Å². The van der Waals surface area contributed by atoms with Crippen molar-refractivity contribution in [3.05, 3.63) is 52.7 Å². The molecule has 0 bridgehead atoms. The van der Waals surface area contributed by atoms with Crippen LogP contribution in [0.15, 0.2) is 41.3 Å². The number of aryl methyl sites for hydroxylation is 2. The topological polar surface area (TPSA) is 56.0 Å². The van der Waals surface area contributed by atoms with Crippen LogP contribution >= 0.6 is 15.9 Å². The number of rotatable bonds is 1. The molecule has 0 aliphatic carbocycles. The Morgan fingerprint density at radius 2 is 1.95 bits per heavy atom. The van der Waals surface area contributed by atoms with E-state index in [-0.39, 0.29) is 0 Å². The maximum absolute atomic E-state index is 4.76. The molecule has 0 unspecified atom stereocenters. The van der Waals surface area contributed by atoms with Gasteiger partial charge in [0.2, 0.25) is 0 Å². The fraction of sp³-hybridized carbons (Fsp3) is 0.125. The molecule has 0 fully saturated rings. The lowest BCUT2D eigenvalue weighted by molar-refractivity contribution is 1.10. The highest BCUT2D eigenvalue weighted by molar-refractivity contribution is 9.10. The predicted molar refractivity (Wildman–Crippen MR) is 88.7 cm³/mol. The lowest BCUT2D eigenvalue weighted by Gasteiger charge is -2.11. The van der Waals surface area contributed by atoms with Gasteiger partial charge in [-0.05, 0) is 32.0 Å². The Balaban J connectivity index is 2.20. The first-order valence-corrected chi connectivity index (χ1v) is 7.66. The second-order valence-electron chi connectivity index (χ2n) is 5.18. The molecule has 4 aromatic rings. The van der Waals surface area contributed by atoms with Crippen molar-refractivity contribution in [3.8, 4) is 11.1 Å². The van der Waals surface area contributed by atoms with Crippen LogP contribution in [0.4, 0.5) is 0 Å². The molecule has 0 aliphatic heterocycles. The van der Waals surface area contributed by atoms with Gasteiger partial charge in [0, 0.05) is 27.5 Å². The van der Waals surface area contributed by atoms with E-state index in [0.29, 0.717) is 0 Å². The third kappa shape index (κ3) is 1.91. The smallest absolute Gasteiger partial charge is 0.182 e. The van der Waals surface area contributed by atoms with Crippen molar-refractivity contribution < 1.29 is 0 Å². The van der Waals surface area contributed by atoms with Crippen molar-refractivity contribution in [1.29, 1.82) is 0 Å². The van der Waals surface area contributed by atoms with E-state index in [1.807, 2.05) is 30.4 Å². The van der Waals surface area contributed by atoms with Crippen LogP contribution in [0.25, 0.3) is 27.8 Å². The Labute approximate surface area is 135 Å². The van der Waals surface area contributed by atoms with Gasteiger partial charge in [-0.1, -0.05) is 22.0 Å². The zero-order valence-electron chi connectivity index (χ0n) is 12.1. The third-order valence-corrected chi connectivity index (χ3v) is 4.22. The average molecular weight is 354 g/mol. The SMILES string of the molecule is Cc1ncccc1-c1cc(Br)cc2c1nc(C)c1nncn12. The molecule has 0 aliphatic rings. The first-order valence-electron chi connectivity index (χ1n) is 6.87. The number of halogens is 1. The zero-order valence-corrected chi connectivity index (χ0v) is 13.7. The quantitative estimate of drug-likeness (QED) is 0.523. The van der Waals surface area contributed by atoms with Crippen molar-refractivity contribution in [2.24, 2.45) is 0 Å². The van der Waals surface area contributed by atoms with E-state index in [1.54, 1.807) is 12.5 Å². The Hall–Kier alpha value is -2.34. The second-order valence-corrected chi connectivity index (χ2v) is 6.09. The number of fused-ring (bicyclic) bond motifs is 3. The van der Waals surface area contributed by atoms with Crippen molar-refractivity contribution in [3.63, 3.8) is 0 Å². The summed E-state index contributed by atoms with van der Waals surface area (Å²) in [6.07, 6.45) is 3.52. The minimum atomic E-state index is 0.777. The molecule has 1 aromatic carbocycles. The summed E-state index contributed by atoms with van der Waals surface area (Å²) in [6.45, 7) is 3.96. The fourth-order valence-corrected chi connectivity index (χ4v) is 3.18. The van der Waals surface area contributed by atoms with Crippen LogP contribution in [0.5, 0.6) is 0 Å². The summed E-state index contributed by atoms with van der Waals surface area (Å²) in [5, 5.41) is 8.15. The van der Waals surface area contributed by atoms with Gasteiger partial charge in [-0.3, -0.25) is 9.38 Å². The Morgan fingerprint density at radius 1 is 1.09 bits per heavy atom. The van der Waals surface area contributed by atoms with Gasteiger partial charge in [0.05, 0.1) is 16.7 Å². The van der Waals surface area contributed by atoms with Crippen LogP contribution in [0.1, 0.15) is 11.4 Å². The van der Waals surface area contributed by atoms with E-state index in [1.165, 1.54) is 0 Å². The summed E-state index contributed by atoms with van der Waals surface area (Å²) in [5.74, 6) is 0. The molecule has 3 aromatic heterocycles. The Morgan fingerprint density at radius 3 is 2.77 bits per heavy atom. The first kappa shape index (κ1) is 13.3. The number of hydrogen-bond acceptors (Lipinski definition) is 4. The Bertz CT molecular complexity index is 1020. The van der Waals surface area contributed by atoms with Crippen molar-refractivity contribution in [1.82, 2.24) is 24.6 Å². The van der Waals surface area contributed by atoms with Crippen LogP contribution in [0.2, 0.25) is 0 Å². The summed E-state index contributed by atoms with van der Waals surface area (Å²) in [6, 6.07) is 8.12. The predicted octanol–water partition coefficient (Wildman–Crippen LogP) is 3.72. The molecule has 0 amide bonds. The number of benzene rings is 1. The highest BCUT2D eigenvalue weighted by Crippen LogP contribution is 2.32. The van der Waals surface area contributed by atoms with Crippen molar-refractivity contribution in [2.45, 2.75) is 13.8 Å². The third-order valence-electron chi connectivity index (χ3n) is 3.76. The zero-order chi connectivity index (χ0) is 15.3. The van der Waals surface area contributed by atoms with E-state index >= 15 is 0 Å². The molecule has 3 heterocycles. The van der Waals surface area contributed by atoms with Gasteiger partial charge < -0.3 is 0 Å². The summed E-state index contributed by atoms with van der Waals surface area (Å²) >= 11 is 3.60. The van der Waals surface area contributed by atoms with Gasteiger partial charge in [-0.15, -0.1) is 10.2 Å². The monoisotopic (exact) mass is 353 g/mol. The molecule has 108 valence electrons. The highest BCUT2D eigenvalue weighted by atomic mass is 79.9. The molecule has 0 radical (unpaired) electrons. The molecule has 0 atom stereocenters. The van der Waals surface area contributed by atoms with Gasteiger partial charge in [0.15, 0.2) is 5.65 Å². The molecule has 6 heteroatoms. The summed E-state index contributed by atoms with van der Waals surface area (Å²) in [7, 11) is 0. The molecular weight excluding hydrogens is 342 g/mol. The maximum atomic E-state index is 4.76. The summed E-state index contributed by atoms with van der Waals surface area (Å²) in [5.41, 5.74) is 6.63. The molecular formula is C16H12BrN5. The molecule has 4 rings (SSSR count). The van der Waals surface area contributed by atoms with Crippen molar-refractivity contribution >= 4 is 32.6 Å². The average Bonchev–Trinajstić information content (AvgIpc) is 2.99. The molecule has 0 saturated heterocycles. The standard InChI is InChI=1S/C16H12BrN5/c1-9-12(4-3-5-18-9)13-6-11(17)7-14-15(13)20-10(2)16-21-19-8-22(14)16/h3-8H,1-2H3. The number of nitrogens with zero attached hydrogens (tertiary/aromatic N) is 5. The molecule has 22 heavy (non-hydrogen) atoms. The summed E-state index contributed by atoms with van der Waals surface area (Å²) in [4.78, 5) is 9.15. The maximum Gasteiger partial charge on any atom is 0.182 e. The minimum Gasteiger partial charge on any atom is -0.278 e. The van der Waals surface area contributed by atoms with E-state index in [0.717, 1.165) is 43.7 Å². The van der Waals surface area contributed by atoms with E-state index in [2.05, 4.69) is 43.2 Å². The highest BCUT2D eigenvalue weighted by Gasteiger charge is 2.14. The van der Waals surface area contributed by atoms with Crippen LogP contribution in [-0.2, 0) is 0 Å². The van der Waals surface area contributed by atoms with Gasteiger partial charge in [0.1, 0.15) is 6.33 Å². The van der Waals surface area contributed by atoms with Gasteiger partial charge in [-0.25, -0.2) is 4.98 Å². The van der Waals surface area contributed by atoms with Crippen LogP contribution in [0.3, 0.4) is 0 Å². The number of aromatic nitrogens is 5. The van der Waals surface area contributed by atoms with Crippen LogP contribution < -0.4 is 0 Å². The lowest BCUT2D eigenvalue weighted by Crippen LogP contribution is -1.98. The van der Waals surface area contributed by atoms with Gasteiger partial charge in [0.25, 0.3) is 0 Å². The lowest BCUT2D eigenvalue weighted by atomic mass is 10.0. The summed E-state index contributed by atoms with van der Waals surface area (Å²) < 4.78 is 2.95. The van der Waals surface area contributed by atoms with Crippen LogP contribution in [-0.4, -0.2) is 24.6 Å². The molecule has 5 nitrogen and oxygen atoms in total. The molecule has 0 N–H and O–H groups in total. The first-order chi connectivity index (χ1) is 10.6. The van der Waals surface area contributed by atoms with E-state index in [4.69, 9.17) is 4.98 Å². The number of pyridine rings is 1. The van der Waals surface area contributed by atoms with E-state index in [9.17, 15) is 0 Å². The minimum absolute atomic E-state index is 0.777. The van der Waals surface area contributed by atoms with Crippen LogP contribution in [0, 0.1) is 13.8 Å². The Kier molecular flexibility index (Phi) is 2.94. The number of hydrogen-bond donors (Lipinski definition) is 0. The van der Waals surface area contributed by atoms with Gasteiger partial charge in [-0.2, -0.15) is 0 Å². The fourth-order valence-electron chi connectivity index (χ4n) is 2.74.